The van der Waals surface area contributed by atoms with Gasteiger partial charge in [0.25, 0.3) is 0 Å². The van der Waals surface area contributed by atoms with E-state index in [2.05, 4.69) is 11.9 Å². The SMILES string of the molecule is C=CCCCNCCS(=O)(=O)CC. The van der Waals surface area contributed by atoms with Gasteiger partial charge < -0.3 is 5.32 Å². The van der Waals surface area contributed by atoms with Crippen molar-refractivity contribution in [1.29, 1.82) is 0 Å². The quantitative estimate of drug-likeness (QED) is 0.474. The van der Waals surface area contributed by atoms with Crippen molar-refractivity contribution >= 4 is 9.84 Å². The molecule has 0 heterocycles. The number of rotatable bonds is 8. The maximum absolute atomic E-state index is 11.0. The maximum atomic E-state index is 11.0. The Morgan fingerprint density at radius 3 is 2.62 bits per heavy atom. The fourth-order valence-electron chi connectivity index (χ4n) is 0.868. The van der Waals surface area contributed by atoms with Gasteiger partial charge in [-0.2, -0.15) is 0 Å². The Labute approximate surface area is 81.1 Å². The molecule has 0 radical (unpaired) electrons. The predicted molar refractivity (Wildman–Crippen MR) is 56.6 cm³/mol. The van der Waals surface area contributed by atoms with Gasteiger partial charge in [-0.05, 0) is 19.4 Å². The summed E-state index contributed by atoms with van der Waals surface area (Å²) in [6, 6.07) is 0. The summed E-state index contributed by atoms with van der Waals surface area (Å²) in [6.07, 6.45) is 3.87. The maximum Gasteiger partial charge on any atom is 0.151 e. The zero-order valence-corrected chi connectivity index (χ0v) is 9.07. The van der Waals surface area contributed by atoms with Crippen molar-refractivity contribution < 1.29 is 8.42 Å². The molecule has 0 aliphatic heterocycles. The molecule has 0 fully saturated rings. The normalized spacial score (nSPS) is 11.5. The topological polar surface area (TPSA) is 46.2 Å². The van der Waals surface area contributed by atoms with E-state index in [0.717, 1.165) is 19.4 Å². The highest BCUT2D eigenvalue weighted by Gasteiger charge is 2.05. The molecule has 0 atom stereocenters. The highest BCUT2D eigenvalue weighted by molar-refractivity contribution is 7.91. The minimum atomic E-state index is -2.79. The van der Waals surface area contributed by atoms with Crippen LogP contribution in [0.1, 0.15) is 19.8 Å². The molecule has 0 amide bonds. The summed E-state index contributed by atoms with van der Waals surface area (Å²) in [7, 11) is -2.79. The standard InChI is InChI=1S/C9H19NO2S/c1-3-5-6-7-10-8-9-13(11,12)4-2/h3,10H,1,4-9H2,2H3. The van der Waals surface area contributed by atoms with E-state index in [4.69, 9.17) is 0 Å². The second-order valence-electron chi connectivity index (χ2n) is 2.92. The number of sulfone groups is 1. The van der Waals surface area contributed by atoms with Gasteiger partial charge in [0.05, 0.1) is 5.75 Å². The molecule has 0 aromatic heterocycles. The molecule has 0 aliphatic rings. The average molecular weight is 205 g/mol. The summed E-state index contributed by atoms with van der Waals surface area (Å²) < 4.78 is 22.1. The summed E-state index contributed by atoms with van der Waals surface area (Å²) in [4.78, 5) is 0. The molecule has 0 spiro atoms. The Morgan fingerprint density at radius 2 is 2.08 bits per heavy atom. The van der Waals surface area contributed by atoms with E-state index in [-0.39, 0.29) is 11.5 Å². The second kappa shape index (κ2) is 7.09. The van der Waals surface area contributed by atoms with Crippen LogP contribution in [0.2, 0.25) is 0 Å². The number of unbranched alkanes of at least 4 members (excludes halogenated alkanes) is 1. The first-order valence-electron chi connectivity index (χ1n) is 4.64. The zero-order chi connectivity index (χ0) is 10.2. The third-order valence-electron chi connectivity index (χ3n) is 1.79. The van der Waals surface area contributed by atoms with Crippen LogP contribution in [-0.2, 0) is 9.84 Å². The van der Waals surface area contributed by atoms with Gasteiger partial charge in [0.1, 0.15) is 0 Å². The van der Waals surface area contributed by atoms with Gasteiger partial charge in [0, 0.05) is 12.3 Å². The lowest BCUT2D eigenvalue weighted by Gasteiger charge is -2.03. The monoisotopic (exact) mass is 205 g/mol. The van der Waals surface area contributed by atoms with Crippen molar-refractivity contribution in [3.8, 4) is 0 Å². The lowest BCUT2D eigenvalue weighted by atomic mass is 10.3. The average Bonchev–Trinajstić information content (AvgIpc) is 2.11. The smallest absolute Gasteiger partial charge is 0.151 e. The largest absolute Gasteiger partial charge is 0.316 e. The predicted octanol–water partition coefficient (Wildman–Crippen LogP) is 0.977. The van der Waals surface area contributed by atoms with Crippen LogP contribution in [0.5, 0.6) is 0 Å². The lowest BCUT2D eigenvalue weighted by Crippen LogP contribution is -2.24. The van der Waals surface area contributed by atoms with Crippen LogP contribution in [0.4, 0.5) is 0 Å². The summed E-state index contributed by atoms with van der Waals surface area (Å²) >= 11 is 0. The van der Waals surface area contributed by atoms with Crippen molar-refractivity contribution in [2.24, 2.45) is 0 Å². The Hall–Kier alpha value is -0.350. The molecule has 0 aromatic carbocycles. The number of nitrogens with one attached hydrogen (secondary N) is 1. The van der Waals surface area contributed by atoms with Crippen LogP contribution in [-0.4, -0.2) is 33.0 Å². The summed E-state index contributed by atoms with van der Waals surface area (Å²) in [6.45, 7) is 6.71. The highest BCUT2D eigenvalue weighted by atomic mass is 32.2. The van der Waals surface area contributed by atoms with Crippen molar-refractivity contribution in [1.82, 2.24) is 5.32 Å². The van der Waals surface area contributed by atoms with E-state index in [1.54, 1.807) is 6.92 Å². The highest BCUT2D eigenvalue weighted by Crippen LogP contribution is 1.88. The van der Waals surface area contributed by atoms with E-state index in [1.807, 2.05) is 6.08 Å². The van der Waals surface area contributed by atoms with E-state index in [1.165, 1.54) is 0 Å². The molecule has 3 nitrogen and oxygen atoms in total. The summed E-state index contributed by atoms with van der Waals surface area (Å²) in [5, 5.41) is 3.08. The van der Waals surface area contributed by atoms with E-state index >= 15 is 0 Å². The van der Waals surface area contributed by atoms with Gasteiger partial charge in [-0.25, -0.2) is 8.42 Å². The third kappa shape index (κ3) is 7.99. The molecule has 0 saturated carbocycles. The first-order chi connectivity index (χ1) is 6.12. The van der Waals surface area contributed by atoms with Gasteiger partial charge in [-0.1, -0.05) is 13.0 Å². The first kappa shape index (κ1) is 12.7. The molecule has 0 aromatic rings. The molecule has 0 unspecified atom stereocenters. The fraction of sp³-hybridized carbons (Fsp3) is 0.778. The van der Waals surface area contributed by atoms with Crippen molar-refractivity contribution in [3.63, 3.8) is 0 Å². The zero-order valence-electron chi connectivity index (χ0n) is 8.25. The molecular formula is C9H19NO2S. The Bertz CT molecular complexity index is 222. The van der Waals surface area contributed by atoms with Crippen LogP contribution >= 0.6 is 0 Å². The van der Waals surface area contributed by atoms with Gasteiger partial charge in [0.15, 0.2) is 9.84 Å². The first-order valence-corrected chi connectivity index (χ1v) is 6.46. The van der Waals surface area contributed by atoms with E-state index < -0.39 is 9.84 Å². The Morgan fingerprint density at radius 1 is 1.38 bits per heavy atom. The summed E-state index contributed by atoms with van der Waals surface area (Å²) in [5.41, 5.74) is 0. The van der Waals surface area contributed by atoms with Gasteiger partial charge in [-0.15, -0.1) is 6.58 Å². The van der Waals surface area contributed by atoms with Crippen molar-refractivity contribution in [3.05, 3.63) is 12.7 Å². The van der Waals surface area contributed by atoms with E-state index in [9.17, 15) is 8.42 Å². The van der Waals surface area contributed by atoms with Crippen LogP contribution in [0, 0.1) is 0 Å². The van der Waals surface area contributed by atoms with Crippen LogP contribution in [0.3, 0.4) is 0 Å². The minimum absolute atomic E-state index is 0.237. The van der Waals surface area contributed by atoms with Crippen LogP contribution in [0.25, 0.3) is 0 Å². The molecule has 0 aliphatic carbocycles. The van der Waals surface area contributed by atoms with E-state index in [0.29, 0.717) is 6.54 Å². The van der Waals surface area contributed by atoms with Gasteiger partial charge in [-0.3, -0.25) is 0 Å². The Kier molecular flexibility index (Phi) is 6.90. The van der Waals surface area contributed by atoms with Crippen LogP contribution in [0.15, 0.2) is 12.7 Å². The third-order valence-corrected chi connectivity index (χ3v) is 3.50. The van der Waals surface area contributed by atoms with Crippen LogP contribution < -0.4 is 5.32 Å². The fourth-order valence-corrected chi connectivity index (χ4v) is 1.61. The summed E-state index contributed by atoms with van der Waals surface area (Å²) in [5.74, 6) is 0.485. The lowest BCUT2D eigenvalue weighted by molar-refractivity contribution is 0.590. The molecule has 13 heavy (non-hydrogen) atoms. The molecule has 0 bridgehead atoms. The van der Waals surface area contributed by atoms with Crippen molar-refractivity contribution in [2.75, 3.05) is 24.6 Å². The van der Waals surface area contributed by atoms with Gasteiger partial charge >= 0.3 is 0 Å². The molecule has 0 rings (SSSR count). The number of allylic oxidation sites excluding steroid dienone is 1. The number of hydrogen-bond acceptors (Lipinski definition) is 3. The number of hydrogen-bond donors (Lipinski definition) is 1. The Balaban J connectivity index is 3.31. The second-order valence-corrected chi connectivity index (χ2v) is 5.39. The molecular weight excluding hydrogens is 186 g/mol. The van der Waals surface area contributed by atoms with Gasteiger partial charge in [0.2, 0.25) is 0 Å². The molecule has 0 saturated heterocycles. The minimum Gasteiger partial charge on any atom is -0.316 e. The molecule has 4 heteroatoms. The molecule has 78 valence electrons. The van der Waals surface area contributed by atoms with Crippen molar-refractivity contribution in [2.45, 2.75) is 19.8 Å². The molecule has 1 N–H and O–H groups in total.